The predicted molar refractivity (Wildman–Crippen MR) is 67.1 cm³/mol. The summed E-state index contributed by atoms with van der Waals surface area (Å²) in [6.07, 6.45) is 0.897. The summed E-state index contributed by atoms with van der Waals surface area (Å²) in [6, 6.07) is 5.87. The first-order valence-corrected chi connectivity index (χ1v) is 5.76. The Labute approximate surface area is 101 Å². The van der Waals surface area contributed by atoms with Crippen LogP contribution in [0, 0.1) is 5.41 Å². The normalized spacial score (nSPS) is 14.9. The van der Waals surface area contributed by atoms with E-state index in [0.29, 0.717) is 6.54 Å². The van der Waals surface area contributed by atoms with Crippen LogP contribution in [0.2, 0.25) is 0 Å². The number of anilines is 1. The molecule has 0 saturated carbocycles. The number of nitrogens with one attached hydrogen (secondary N) is 1. The highest BCUT2D eigenvalue weighted by Gasteiger charge is 2.19. The minimum atomic E-state index is -0.104. The van der Waals surface area contributed by atoms with Crippen LogP contribution < -0.4 is 15.8 Å². The second-order valence-electron chi connectivity index (χ2n) is 5.21. The number of ether oxygens (including phenoxy) is 1. The molecule has 0 unspecified atom stereocenters. The quantitative estimate of drug-likeness (QED) is 0.834. The Morgan fingerprint density at radius 2 is 2.24 bits per heavy atom. The zero-order chi connectivity index (χ0) is 12.5. The Balaban J connectivity index is 2.19. The zero-order valence-corrected chi connectivity index (χ0v) is 10.2. The molecule has 4 nitrogen and oxygen atoms in total. The maximum absolute atomic E-state index is 11.1. The molecule has 4 heteroatoms. The van der Waals surface area contributed by atoms with E-state index < -0.39 is 0 Å². The van der Waals surface area contributed by atoms with Crippen molar-refractivity contribution in [1.29, 1.82) is 0 Å². The molecule has 0 spiro atoms. The largest absolute Gasteiger partial charge is 0.482 e. The molecule has 1 aliphatic heterocycles. The number of benzene rings is 1. The van der Waals surface area contributed by atoms with Crippen molar-refractivity contribution in [1.82, 2.24) is 0 Å². The standard InChI is InChI=1S/C13H18N2O2/c1-13(2,8-14)6-9-3-4-10-11(5-9)17-7-12(16)15-10/h3-5H,6-8,14H2,1-2H3,(H,15,16). The lowest BCUT2D eigenvalue weighted by atomic mass is 9.86. The third-order valence-corrected chi connectivity index (χ3v) is 2.91. The number of nitrogens with two attached hydrogens (primary N) is 1. The molecule has 0 atom stereocenters. The highest BCUT2D eigenvalue weighted by Crippen LogP contribution is 2.31. The van der Waals surface area contributed by atoms with Crippen molar-refractivity contribution in [3.05, 3.63) is 23.8 Å². The average Bonchev–Trinajstić information content (AvgIpc) is 2.29. The molecular weight excluding hydrogens is 216 g/mol. The molecule has 1 aliphatic rings. The van der Waals surface area contributed by atoms with Gasteiger partial charge in [-0.25, -0.2) is 0 Å². The Bertz CT molecular complexity index is 441. The third-order valence-electron chi connectivity index (χ3n) is 2.91. The predicted octanol–water partition coefficient (Wildman–Crippen LogP) is 1.54. The van der Waals surface area contributed by atoms with Crippen molar-refractivity contribution < 1.29 is 9.53 Å². The lowest BCUT2D eigenvalue weighted by molar-refractivity contribution is -0.118. The summed E-state index contributed by atoms with van der Waals surface area (Å²) >= 11 is 0. The van der Waals surface area contributed by atoms with Crippen molar-refractivity contribution in [2.45, 2.75) is 20.3 Å². The van der Waals surface area contributed by atoms with Gasteiger partial charge in [-0.3, -0.25) is 4.79 Å². The minimum absolute atomic E-state index is 0.0755. The molecule has 1 aromatic rings. The molecule has 0 bridgehead atoms. The van der Waals surface area contributed by atoms with Crippen LogP contribution in [0.4, 0.5) is 5.69 Å². The summed E-state index contributed by atoms with van der Waals surface area (Å²) in [6.45, 7) is 5.00. The topological polar surface area (TPSA) is 64.3 Å². The monoisotopic (exact) mass is 234 g/mol. The van der Waals surface area contributed by atoms with Gasteiger partial charge >= 0.3 is 0 Å². The number of carbonyl (C=O) groups excluding carboxylic acids is 1. The number of amides is 1. The fourth-order valence-corrected chi connectivity index (χ4v) is 1.85. The van der Waals surface area contributed by atoms with Gasteiger partial charge in [0.05, 0.1) is 5.69 Å². The Kier molecular flexibility index (Phi) is 3.07. The van der Waals surface area contributed by atoms with Gasteiger partial charge in [0.1, 0.15) is 5.75 Å². The first-order valence-electron chi connectivity index (χ1n) is 5.76. The fourth-order valence-electron chi connectivity index (χ4n) is 1.85. The molecule has 1 heterocycles. The van der Waals surface area contributed by atoms with E-state index in [1.54, 1.807) is 0 Å². The lowest BCUT2D eigenvalue weighted by Crippen LogP contribution is -2.27. The first-order chi connectivity index (χ1) is 8.00. The van der Waals surface area contributed by atoms with E-state index in [2.05, 4.69) is 19.2 Å². The number of carbonyl (C=O) groups is 1. The van der Waals surface area contributed by atoms with E-state index >= 15 is 0 Å². The lowest BCUT2D eigenvalue weighted by Gasteiger charge is -2.24. The van der Waals surface area contributed by atoms with Crippen LogP contribution in [0.15, 0.2) is 18.2 Å². The van der Waals surface area contributed by atoms with Gasteiger partial charge in [-0.1, -0.05) is 19.9 Å². The van der Waals surface area contributed by atoms with Crippen LogP contribution in [-0.4, -0.2) is 19.1 Å². The summed E-state index contributed by atoms with van der Waals surface area (Å²) < 4.78 is 5.38. The highest BCUT2D eigenvalue weighted by molar-refractivity contribution is 5.95. The summed E-state index contributed by atoms with van der Waals surface area (Å²) in [5.74, 6) is 0.641. The average molecular weight is 234 g/mol. The first kappa shape index (κ1) is 11.9. The number of hydrogen-bond donors (Lipinski definition) is 2. The van der Waals surface area contributed by atoms with Gasteiger partial charge in [0.25, 0.3) is 5.91 Å². The van der Waals surface area contributed by atoms with Crippen LogP contribution in [0.5, 0.6) is 5.75 Å². The number of hydrogen-bond acceptors (Lipinski definition) is 3. The van der Waals surface area contributed by atoms with Gasteiger partial charge in [-0.15, -0.1) is 0 Å². The van der Waals surface area contributed by atoms with Crippen molar-refractivity contribution in [3.8, 4) is 5.75 Å². The Morgan fingerprint density at radius 1 is 1.47 bits per heavy atom. The third kappa shape index (κ3) is 2.77. The maximum atomic E-state index is 11.1. The van der Waals surface area contributed by atoms with Crippen LogP contribution in [0.25, 0.3) is 0 Å². The van der Waals surface area contributed by atoms with E-state index in [-0.39, 0.29) is 17.9 Å². The van der Waals surface area contributed by atoms with E-state index in [0.717, 1.165) is 17.9 Å². The number of rotatable bonds is 3. The summed E-state index contributed by atoms with van der Waals surface area (Å²) in [4.78, 5) is 11.1. The van der Waals surface area contributed by atoms with Crippen LogP contribution >= 0.6 is 0 Å². The second-order valence-corrected chi connectivity index (χ2v) is 5.21. The van der Waals surface area contributed by atoms with Crippen molar-refractivity contribution in [2.24, 2.45) is 11.1 Å². The van der Waals surface area contributed by atoms with E-state index in [1.807, 2.05) is 18.2 Å². The van der Waals surface area contributed by atoms with Crippen LogP contribution in [-0.2, 0) is 11.2 Å². The van der Waals surface area contributed by atoms with Crippen molar-refractivity contribution in [3.63, 3.8) is 0 Å². The van der Waals surface area contributed by atoms with Crippen LogP contribution in [0.3, 0.4) is 0 Å². The van der Waals surface area contributed by atoms with Crippen molar-refractivity contribution >= 4 is 11.6 Å². The molecular formula is C13H18N2O2. The number of fused-ring (bicyclic) bond motifs is 1. The van der Waals surface area contributed by atoms with E-state index in [1.165, 1.54) is 5.56 Å². The molecule has 1 aromatic carbocycles. The minimum Gasteiger partial charge on any atom is -0.482 e. The Morgan fingerprint density at radius 3 is 2.94 bits per heavy atom. The highest BCUT2D eigenvalue weighted by atomic mass is 16.5. The second kappa shape index (κ2) is 4.37. The van der Waals surface area contributed by atoms with Gasteiger partial charge in [0.15, 0.2) is 6.61 Å². The molecule has 0 saturated heterocycles. The van der Waals surface area contributed by atoms with Gasteiger partial charge in [0.2, 0.25) is 0 Å². The van der Waals surface area contributed by atoms with Gasteiger partial charge in [-0.2, -0.15) is 0 Å². The molecule has 0 fully saturated rings. The van der Waals surface area contributed by atoms with E-state index in [4.69, 9.17) is 10.5 Å². The molecule has 2 rings (SSSR count). The van der Waals surface area contributed by atoms with Gasteiger partial charge in [-0.05, 0) is 36.1 Å². The molecule has 0 aromatic heterocycles. The van der Waals surface area contributed by atoms with Gasteiger partial charge < -0.3 is 15.8 Å². The molecule has 92 valence electrons. The molecule has 3 N–H and O–H groups in total. The smallest absolute Gasteiger partial charge is 0.262 e. The summed E-state index contributed by atoms with van der Waals surface area (Å²) in [5.41, 5.74) is 7.72. The molecule has 0 aliphatic carbocycles. The zero-order valence-electron chi connectivity index (χ0n) is 10.2. The maximum Gasteiger partial charge on any atom is 0.262 e. The van der Waals surface area contributed by atoms with E-state index in [9.17, 15) is 4.79 Å². The Hall–Kier alpha value is -1.55. The van der Waals surface area contributed by atoms with Gasteiger partial charge in [0, 0.05) is 0 Å². The fraction of sp³-hybridized carbons (Fsp3) is 0.462. The summed E-state index contributed by atoms with van der Waals surface area (Å²) in [7, 11) is 0. The summed E-state index contributed by atoms with van der Waals surface area (Å²) in [5, 5.41) is 2.78. The molecule has 1 amide bonds. The SMILES string of the molecule is CC(C)(CN)Cc1ccc2c(c1)OCC(=O)N2. The van der Waals surface area contributed by atoms with Crippen LogP contribution in [0.1, 0.15) is 19.4 Å². The molecule has 17 heavy (non-hydrogen) atoms. The molecule has 0 radical (unpaired) electrons. The van der Waals surface area contributed by atoms with Crippen molar-refractivity contribution in [2.75, 3.05) is 18.5 Å².